The lowest BCUT2D eigenvalue weighted by Gasteiger charge is -2.41. The van der Waals surface area contributed by atoms with E-state index in [1.54, 1.807) is 18.7 Å². The number of hydrogen-bond donors (Lipinski definition) is 3. The van der Waals surface area contributed by atoms with Crippen LogP contribution in [0.4, 0.5) is 4.79 Å². The average molecular weight is 612 g/mol. The number of rotatable bonds is 6. The number of carbonyl (C=O) groups is 1. The maximum atomic E-state index is 12.6. The van der Waals surface area contributed by atoms with E-state index in [0.717, 1.165) is 17.0 Å². The van der Waals surface area contributed by atoms with Gasteiger partial charge >= 0.3 is 6.09 Å². The van der Waals surface area contributed by atoms with Crippen LogP contribution in [0.3, 0.4) is 0 Å². The van der Waals surface area contributed by atoms with Crippen LogP contribution in [0.2, 0.25) is 10.0 Å². The smallest absolute Gasteiger partial charge is 0.410 e. The average Bonchev–Trinajstić information content (AvgIpc) is 2.91. The van der Waals surface area contributed by atoms with Crippen LogP contribution in [0.1, 0.15) is 45.7 Å². The Morgan fingerprint density at radius 2 is 1.44 bits per heavy atom. The summed E-state index contributed by atoms with van der Waals surface area (Å²) in [5, 5.41) is 24.0. The number of nitrogens with zero attached hydrogens (tertiary/aromatic N) is 1. The van der Waals surface area contributed by atoms with Gasteiger partial charge in [0.15, 0.2) is 0 Å². The van der Waals surface area contributed by atoms with Crippen LogP contribution in [0.25, 0.3) is 0 Å². The molecule has 0 bridgehead atoms. The summed E-state index contributed by atoms with van der Waals surface area (Å²) in [7, 11) is 0. The highest BCUT2D eigenvalue weighted by Crippen LogP contribution is 2.22. The van der Waals surface area contributed by atoms with Crippen LogP contribution in [0.15, 0.2) is 48.5 Å². The van der Waals surface area contributed by atoms with Gasteiger partial charge in [-0.3, -0.25) is 4.90 Å². The summed E-state index contributed by atoms with van der Waals surface area (Å²) in [6, 6.07) is 15.6. The molecule has 2 fully saturated rings. The van der Waals surface area contributed by atoms with E-state index in [1.807, 2.05) is 69.3 Å². The second-order valence-electron chi connectivity index (χ2n) is 11.8. The van der Waals surface area contributed by atoms with Gasteiger partial charge in [-0.1, -0.05) is 47.5 Å². The molecule has 2 aliphatic rings. The van der Waals surface area contributed by atoms with E-state index in [4.69, 9.17) is 37.4 Å². The van der Waals surface area contributed by atoms with Gasteiger partial charge in [-0.05, 0) is 82.9 Å². The molecule has 0 aromatic heterocycles. The Bertz CT molecular complexity index is 1070. The molecule has 2 aliphatic heterocycles. The molecule has 0 radical (unpaired) electrons. The van der Waals surface area contributed by atoms with E-state index in [0.29, 0.717) is 43.8 Å². The SMILES string of the molecule is CC(O)[C@H]1CN(C(=O)OC(C)(C)C)[C@@H](Cc2ccc(Cl)cc2)CO1.CC(O)[C@H]1CN[C@@H](Cc2ccc(Cl)cc2)CO1. The number of halogens is 2. The molecule has 8 nitrogen and oxygen atoms in total. The van der Waals surface area contributed by atoms with Crippen molar-refractivity contribution < 1.29 is 29.2 Å². The van der Waals surface area contributed by atoms with Crippen LogP contribution in [0.5, 0.6) is 0 Å². The summed E-state index contributed by atoms with van der Waals surface area (Å²) >= 11 is 11.8. The number of benzene rings is 2. The maximum absolute atomic E-state index is 12.6. The van der Waals surface area contributed by atoms with Crippen LogP contribution in [-0.2, 0) is 27.1 Å². The molecule has 10 heteroatoms. The molecule has 2 aromatic rings. The number of ether oxygens (including phenoxy) is 3. The van der Waals surface area contributed by atoms with E-state index in [2.05, 4.69) is 5.32 Å². The lowest BCUT2D eigenvalue weighted by atomic mass is 10.0. The fraction of sp³-hybridized carbons (Fsp3) is 0.581. The normalized spacial score (nSPS) is 24.6. The Morgan fingerprint density at radius 3 is 1.90 bits per heavy atom. The third-order valence-electron chi connectivity index (χ3n) is 6.92. The zero-order valence-corrected chi connectivity index (χ0v) is 26.1. The molecule has 6 atom stereocenters. The summed E-state index contributed by atoms with van der Waals surface area (Å²) in [6.45, 7) is 10.9. The van der Waals surface area contributed by atoms with E-state index in [9.17, 15) is 15.0 Å². The van der Waals surface area contributed by atoms with Gasteiger partial charge in [-0.25, -0.2) is 4.79 Å². The predicted octanol–water partition coefficient (Wildman–Crippen LogP) is 4.89. The van der Waals surface area contributed by atoms with Gasteiger partial charge in [0.25, 0.3) is 0 Å². The van der Waals surface area contributed by atoms with E-state index >= 15 is 0 Å². The van der Waals surface area contributed by atoms with Crippen molar-refractivity contribution in [3.8, 4) is 0 Å². The number of nitrogens with one attached hydrogen (secondary N) is 1. The summed E-state index contributed by atoms with van der Waals surface area (Å²) in [5.41, 5.74) is 1.74. The summed E-state index contributed by atoms with van der Waals surface area (Å²) in [4.78, 5) is 14.2. The van der Waals surface area contributed by atoms with Gasteiger partial charge in [0, 0.05) is 22.6 Å². The third-order valence-corrected chi connectivity index (χ3v) is 7.43. The quantitative estimate of drug-likeness (QED) is 0.428. The van der Waals surface area contributed by atoms with E-state index < -0.39 is 23.9 Å². The molecule has 1 amide bonds. The van der Waals surface area contributed by atoms with Crippen molar-refractivity contribution >= 4 is 29.3 Å². The molecule has 2 unspecified atom stereocenters. The van der Waals surface area contributed by atoms with Gasteiger partial charge in [-0.2, -0.15) is 0 Å². The third kappa shape index (κ3) is 11.4. The first-order chi connectivity index (χ1) is 19.3. The second-order valence-corrected chi connectivity index (χ2v) is 12.7. The van der Waals surface area contributed by atoms with E-state index in [-0.39, 0.29) is 18.2 Å². The van der Waals surface area contributed by atoms with Crippen molar-refractivity contribution in [3.05, 3.63) is 69.7 Å². The van der Waals surface area contributed by atoms with Crippen molar-refractivity contribution in [2.24, 2.45) is 0 Å². The highest BCUT2D eigenvalue weighted by Gasteiger charge is 2.36. The monoisotopic (exact) mass is 610 g/mol. The minimum atomic E-state index is -0.647. The van der Waals surface area contributed by atoms with Crippen molar-refractivity contribution in [2.75, 3.05) is 26.3 Å². The Balaban J connectivity index is 0.000000239. The maximum Gasteiger partial charge on any atom is 0.410 e. The standard InChI is InChI=1S/C18H26ClNO4.C13H18ClNO2/c1-12(21)16-10-20(17(22)24-18(2,3)4)15(11-23-16)9-13-5-7-14(19)8-6-13;1-9(16)13-7-15-12(8-17-13)6-10-2-4-11(14)5-3-10/h5-8,12,15-16,21H,9-11H2,1-4H3;2-5,9,12-13,15-16H,6-8H2,1H3/t12?,15-,16+;9?,12-,13+/m00/s1. The topological polar surface area (TPSA) is 100 Å². The van der Waals surface area contributed by atoms with Crippen molar-refractivity contribution in [3.63, 3.8) is 0 Å². The number of carbonyl (C=O) groups excluding carboxylic acids is 1. The van der Waals surface area contributed by atoms with Gasteiger partial charge in [0.2, 0.25) is 0 Å². The molecule has 0 aliphatic carbocycles. The fourth-order valence-electron chi connectivity index (χ4n) is 4.60. The molecule has 0 spiro atoms. The summed E-state index contributed by atoms with van der Waals surface area (Å²) in [5.74, 6) is 0. The first-order valence-electron chi connectivity index (χ1n) is 14.1. The number of aliphatic hydroxyl groups excluding tert-OH is 2. The second kappa shape index (κ2) is 15.5. The Labute approximate surface area is 253 Å². The van der Waals surface area contributed by atoms with Gasteiger partial charge in [0.1, 0.15) is 11.7 Å². The molecule has 41 heavy (non-hydrogen) atoms. The zero-order valence-electron chi connectivity index (χ0n) is 24.6. The Morgan fingerprint density at radius 1 is 0.927 bits per heavy atom. The molecule has 2 saturated heterocycles. The highest BCUT2D eigenvalue weighted by molar-refractivity contribution is 6.30. The molecule has 2 heterocycles. The van der Waals surface area contributed by atoms with Gasteiger partial charge < -0.3 is 29.7 Å². The van der Waals surface area contributed by atoms with Gasteiger partial charge in [-0.15, -0.1) is 0 Å². The first-order valence-corrected chi connectivity index (χ1v) is 14.9. The van der Waals surface area contributed by atoms with Crippen molar-refractivity contribution in [2.45, 2.75) is 89.6 Å². The Hall–Kier alpha value is -1.91. The molecular formula is C31H44Cl2N2O6. The highest BCUT2D eigenvalue weighted by atomic mass is 35.5. The zero-order chi connectivity index (χ0) is 30.2. The van der Waals surface area contributed by atoms with Crippen LogP contribution < -0.4 is 5.32 Å². The van der Waals surface area contributed by atoms with Gasteiger partial charge in [0.05, 0.1) is 44.1 Å². The first kappa shape index (κ1) is 33.6. The molecular weight excluding hydrogens is 567 g/mol. The number of hydrogen-bond acceptors (Lipinski definition) is 7. The number of morpholine rings is 2. The number of amides is 1. The van der Waals surface area contributed by atoms with Crippen LogP contribution in [0, 0.1) is 0 Å². The molecule has 4 rings (SSSR count). The number of aliphatic hydroxyl groups is 2. The summed E-state index contributed by atoms with van der Waals surface area (Å²) in [6.07, 6.45) is -0.372. The minimum absolute atomic E-state index is 0.0866. The molecule has 0 saturated carbocycles. The van der Waals surface area contributed by atoms with Crippen molar-refractivity contribution in [1.82, 2.24) is 10.2 Å². The van der Waals surface area contributed by atoms with E-state index in [1.165, 1.54) is 5.56 Å². The van der Waals surface area contributed by atoms with Crippen molar-refractivity contribution in [1.29, 1.82) is 0 Å². The Kier molecular flexibility index (Phi) is 12.7. The summed E-state index contributed by atoms with van der Waals surface area (Å²) < 4.78 is 16.9. The molecule has 3 N–H and O–H groups in total. The van der Waals surface area contributed by atoms with Crippen LogP contribution in [-0.4, -0.2) is 89.6 Å². The minimum Gasteiger partial charge on any atom is -0.444 e. The lowest BCUT2D eigenvalue weighted by molar-refractivity contribution is -0.106. The lowest BCUT2D eigenvalue weighted by Crippen LogP contribution is -2.56. The van der Waals surface area contributed by atoms with Crippen LogP contribution >= 0.6 is 23.2 Å². The largest absolute Gasteiger partial charge is 0.444 e. The molecule has 228 valence electrons. The predicted molar refractivity (Wildman–Crippen MR) is 162 cm³/mol. The molecule has 2 aromatic carbocycles. The fourth-order valence-corrected chi connectivity index (χ4v) is 4.86.